The normalized spacial score (nSPS) is 23.6. The van der Waals surface area contributed by atoms with Crippen LogP contribution in [-0.4, -0.2) is 42.8 Å². The summed E-state index contributed by atoms with van der Waals surface area (Å²) in [5.74, 6) is 1.87. The molecule has 1 aromatic rings. The fourth-order valence-corrected chi connectivity index (χ4v) is 3.18. The van der Waals surface area contributed by atoms with Gasteiger partial charge in [0.25, 0.3) is 0 Å². The van der Waals surface area contributed by atoms with Crippen molar-refractivity contribution in [2.45, 2.75) is 25.8 Å². The summed E-state index contributed by atoms with van der Waals surface area (Å²) in [6.07, 6.45) is 2.58. The molecule has 1 unspecified atom stereocenters. The van der Waals surface area contributed by atoms with Crippen LogP contribution in [0.5, 0.6) is 11.5 Å². The van der Waals surface area contributed by atoms with Gasteiger partial charge in [-0.05, 0) is 57.1 Å². The Balaban J connectivity index is 1.51. The molecular formula is C16H24N2O2. The molecule has 2 heterocycles. The first kappa shape index (κ1) is 13.7. The van der Waals surface area contributed by atoms with Gasteiger partial charge in [-0.25, -0.2) is 0 Å². The van der Waals surface area contributed by atoms with Crippen LogP contribution in [0.1, 0.15) is 31.4 Å². The maximum Gasteiger partial charge on any atom is 0.127 e. The topological polar surface area (TPSA) is 44.7 Å². The van der Waals surface area contributed by atoms with Crippen molar-refractivity contribution < 1.29 is 9.84 Å². The smallest absolute Gasteiger partial charge is 0.127 e. The number of fused-ring (bicyclic) bond motifs is 1. The van der Waals surface area contributed by atoms with Gasteiger partial charge in [0, 0.05) is 11.6 Å². The van der Waals surface area contributed by atoms with Crippen molar-refractivity contribution in [3.8, 4) is 11.5 Å². The zero-order valence-corrected chi connectivity index (χ0v) is 12.1. The molecule has 0 aromatic heterocycles. The van der Waals surface area contributed by atoms with E-state index in [1.807, 2.05) is 6.07 Å². The number of nitrogens with zero attached hydrogens (tertiary/aromatic N) is 1. The first-order valence-corrected chi connectivity index (χ1v) is 7.67. The van der Waals surface area contributed by atoms with Crippen molar-refractivity contribution in [1.29, 1.82) is 0 Å². The number of aromatic hydroxyl groups is 1. The van der Waals surface area contributed by atoms with Gasteiger partial charge in [-0.3, -0.25) is 0 Å². The number of nitrogens with one attached hydrogen (secondary N) is 1. The number of benzene rings is 1. The van der Waals surface area contributed by atoms with Gasteiger partial charge in [-0.1, -0.05) is 6.92 Å². The molecule has 2 aliphatic heterocycles. The second-order valence-electron chi connectivity index (χ2n) is 5.87. The zero-order valence-electron chi connectivity index (χ0n) is 12.1. The Bertz CT molecular complexity index is 456. The fraction of sp³-hybridized carbons (Fsp3) is 0.625. The van der Waals surface area contributed by atoms with E-state index in [1.165, 1.54) is 38.0 Å². The predicted octanol–water partition coefficient (Wildman–Crippen LogP) is 2.15. The number of phenols is 1. The maximum absolute atomic E-state index is 9.46. The van der Waals surface area contributed by atoms with Gasteiger partial charge in [0.15, 0.2) is 0 Å². The minimum atomic E-state index is 0.273. The third-order valence-electron chi connectivity index (χ3n) is 4.59. The molecule has 0 spiro atoms. The molecule has 1 atom stereocenters. The summed E-state index contributed by atoms with van der Waals surface area (Å²) in [5.41, 5.74) is 1.17. The van der Waals surface area contributed by atoms with Crippen molar-refractivity contribution in [3.05, 3.63) is 23.8 Å². The molecule has 0 saturated carbocycles. The Labute approximate surface area is 120 Å². The molecule has 110 valence electrons. The van der Waals surface area contributed by atoms with Gasteiger partial charge in [0.2, 0.25) is 0 Å². The van der Waals surface area contributed by atoms with Crippen molar-refractivity contribution >= 4 is 0 Å². The summed E-state index contributed by atoms with van der Waals surface area (Å²) >= 11 is 0. The molecule has 4 nitrogen and oxygen atoms in total. The van der Waals surface area contributed by atoms with E-state index in [0.717, 1.165) is 18.2 Å². The van der Waals surface area contributed by atoms with E-state index in [9.17, 15) is 5.11 Å². The number of piperidine rings is 1. The highest BCUT2D eigenvalue weighted by molar-refractivity contribution is 5.44. The van der Waals surface area contributed by atoms with Crippen LogP contribution in [0.4, 0.5) is 0 Å². The molecular weight excluding hydrogens is 252 g/mol. The monoisotopic (exact) mass is 276 g/mol. The Hall–Kier alpha value is -1.26. The van der Waals surface area contributed by atoms with Crippen LogP contribution in [0.2, 0.25) is 0 Å². The van der Waals surface area contributed by atoms with Gasteiger partial charge < -0.3 is 20.1 Å². The number of phenolic OH excluding ortho intramolecular Hbond substituents is 1. The molecule has 3 rings (SSSR count). The highest BCUT2D eigenvalue weighted by Gasteiger charge is 2.25. The molecule has 0 aliphatic carbocycles. The van der Waals surface area contributed by atoms with Gasteiger partial charge in [-0.15, -0.1) is 0 Å². The molecule has 4 heteroatoms. The summed E-state index contributed by atoms with van der Waals surface area (Å²) in [6, 6.07) is 5.68. The number of likely N-dealkylation sites (tertiary alicyclic amines) is 1. The van der Waals surface area contributed by atoms with E-state index in [-0.39, 0.29) is 11.8 Å². The SMILES string of the molecule is CCN1CCC(CNC2COc3cc(O)ccc32)CC1. The third kappa shape index (κ3) is 2.91. The Morgan fingerprint density at radius 2 is 2.15 bits per heavy atom. The van der Waals surface area contributed by atoms with Gasteiger partial charge in [0.05, 0.1) is 6.04 Å². The summed E-state index contributed by atoms with van der Waals surface area (Å²) in [4.78, 5) is 2.52. The minimum absolute atomic E-state index is 0.273. The van der Waals surface area contributed by atoms with Crippen LogP contribution in [-0.2, 0) is 0 Å². The van der Waals surface area contributed by atoms with Crippen LogP contribution < -0.4 is 10.1 Å². The van der Waals surface area contributed by atoms with E-state index >= 15 is 0 Å². The first-order valence-electron chi connectivity index (χ1n) is 7.67. The Morgan fingerprint density at radius 1 is 1.35 bits per heavy atom. The summed E-state index contributed by atoms with van der Waals surface area (Å²) in [7, 11) is 0. The molecule has 1 aromatic carbocycles. The van der Waals surface area contributed by atoms with Crippen LogP contribution >= 0.6 is 0 Å². The average Bonchev–Trinajstić information content (AvgIpc) is 2.88. The van der Waals surface area contributed by atoms with Crippen molar-refractivity contribution in [2.24, 2.45) is 5.92 Å². The van der Waals surface area contributed by atoms with E-state index < -0.39 is 0 Å². The summed E-state index contributed by atoms with van der Waals surface area (Å²) in [6.45, 7) is 7.61. The molecule has 0 bridgehead atoms. The molecule has 0 amide bonds. The quantitative estimate of drug-likeness (QED) is 0.884. The van der Waals surface area contributed by atoms with E-state index in [4.69, 9.17) is 4.74 Å². The lowest BCUT2D eigenvalue weighted by Crippen LogP contribution is -2.38. The molecule has 20 heavy (non-hydrogen) atoms. The third-order valence-corrected chi connectivity index (χ3v) is 4.59. The minimum Gasteiger partial charge on any atom is -0.508 e. The lowest BCUT2D eigenvalue weighted by molar-refractivity contribution is 0.185. The van der Waals surface area contributed by atoms with E-state index in [0.29, 0.717) is 6.61 Å². The summed E-state index contributed by atoms with van der Waals surface area (Å²) in [5, 5.41) is 13.1. The number of hydrogen-bond acceptors (Lipinski definition) is 4. The molecule has 2 aliphatic rings. The van der Waals surface area contributed by atoms with Crippen molar-refractivity contribution in [1.82, 2.24) is 10.2 Å². The van der Waals surface area contributed by atoms with E-state index in [1.54, 1.807) is 12.1 Å². The van der Waals surface area contributed by atoms with Gasteiger partial charge in [0.1, 0.15) is 18.1 Å². The number of hydrogen-bond donors (Lipinski definition) is 2. The highest BCUT2D eigenvalue weighted by atomic mass is 16.5. The molecule has 0 radical (unpaired) electrons. The van der Waals surface area contributed by atoms with Crippen LogP contribution in [0.3, 0.4) is 0 Å². The molecule has 1 fully saturated rings. The summed E-state index contributed by atoms with van der Waals surface area (Å²) < 4.78 is 5.64. The zero-order chi connectivity index (χ0) is 13.9. The first-order chi connectivity index (χ1) is 9.76. The Kier molecular flexibility index (Phi) is 4.13. The lowest BCUT2D eigenvalue weighted by atomic mass is 9.96. The van der Waals surface area contributed by atoms with Gasteiger partial charge >= 0.3 is 0 Å². The van der Waals surface area contributed by atoms with E-state index in [2.05, 4.69) is 17.1 Å². The molecule has 1 saturated heterocycles. The lowest BCUT2D eigenvalue weighted by Gasteiger charge is -2.31. The Morgan fingerprint density at radius 3 is 2.90 bits per heavy atom. The van der Waals surface area contributed by atoms with Crippen LogP contribution in [0.15, 0.2) is 18.2 Å². The molecule has 2 N–H and O–H groups in total. The number of ether oxygens (including phenoxy) is 1. The standard InChI is InChI=1S/C16H24N2O2/c1-2-18-7-5-12(6-8-18)10-17-15-11-20-16-9-13(19)3-4-14(15)16/h3-4,9,12,15,17,19H,2,5-8,10-11H2,1H3. The fourth-order valence-electron chi connectivity index (χ4n) is 3.18. The maximum atomic E-state index is 9.46. The largest absolute Gasteiger partial charge is 0.508 e. The average molecular weight is 276 g/mol. The second-order valence-corrected chi connectivity index (χ2v) is 5.87. The van der Waals surface area contributed by atoms with Crippen molar-refractivity contribution in [3.63, 3.8) is 0 Å². The highest BCUT2D eigenvalue weighted by Crippen LogP contribution is 2.35. The van der Waals surface area contributed by atoms with Crippen LogP contribution in [0, 0.1) is 5.92 Å². The van der Waals surface area contributed by atoms with Crippen LogP contribution in [0.25, 0.3) is 0 Å². The number of rotatable bonds is 4. The van der Waals surface area contributed by atoms with Gasteiger partial charge in [-0.2, -0.15) is 0 Å². The van der Waals surface area contributed by atoms with Crippen molar-refractivity contribution in [2.75, 3.05) is 32.8 Å². The predicted molar refractivity (Wildman–Crippen MR) is 79.2 cm³/mol. The second kappa shape index (κ2) is 6.02.